The molecule has 2 aromatic heterocycles. The molecule has 0 amide bonds. The molecule has 11 heteroatoms. The Morgan fingerprint density at radius 1 is 1.05 bits per heavy atom. The highest BCUT2D eigenvalue weighted by Gasteiger charge is 2.26. The molecule has 0 atom stereocenters. The summed E-state index contributed by atoms with van der Waals surface area (Å²) in [5, 5.41) is 22.0. The standard InChI is InChI=1S/C31H36FN9O/c1-3-19-14-27(42)23(32)15-22(19)20-5-6-21-25(13-20)37-38-30(21)31-34-24-7-10-41(18-26(24)35-31)29-17-33-16-28(36-29)40-9-4-8-39(2)11-12-40/h5-6,13-16,33,42H,3-4,7-12,17-18H2,1-2H3,(H,34,35)(H,37,38). The molecule has 5 heterocycles. The van der Waals surface area contributed by atoms with E-state index in [-0.39, 0.29) is 5.75 Å². The Hall–Kier alpha value is -4.38. The highest BCUT2D eigenvalue weighted by Crippen LogP contribution is 2.34. The number of rotatable bonds is 4. The number of aromatic amines is 2. The number of aliphatic imine (C=N–C) groups is 1. The number of amidine groups is 1. The first-order chi connectivity index (χ1) is 20.5. The number of nitrogens with zero attached hydrogens (tertiary/aromatic N) is 6. The zero-order valence-corrected chi connectivity index (χ0v) is 24.0. The van der Waals surface area contributed by atoms with Crippen LogP contribution in [0.2, 0.25) is 0 Å². The van der Waals surface area contributed by atoms with Gasteiger partial charge in [-0.1, -0.05) is 13.0 Å². The molecule has 0 unspecified atom stereocenters. The van der Waals surface area contributed by atoms with Crippen LogP contribution in [-0.2, 0) is 19.4 Å². The van der Waals surface area contributed by atoms with E-state index >= 15 is 0 Å². The third-order valence-electron chi connectivity index (χ3n) is 8.63. The number of phenolic OH excluding ortho intramolecular Hbond substituents is 1. The van der Waals surface area contributed by atoms with Crippen molar-refractivity contribution in [2.24, 2.45) is 4.99 Å². The monoisotopic (exact) mass is 569 g/mol. The maximum atomic E-state index is 14.2. The molecular formula is C31H36FN9O. The molecule has 10 nitrogen and oxygen atoms in total. The van der Waals surface area contributed by atoms with Gasteiger partial charge >= 0.3 is 0 Å². The van der Waals surface area contributed by atoms with Crippen molar-refractivity contribution in [2.75, 3.05) is 46.3 Å². The quantitative estimate of drug-likeness (QED) is 0.296. The van der Waals surface area contributed by atoms with Crippen LogP contribution in [0, 0.1) is 5.82 Å². The molecule has 0 aliphatic carbocycles. The van der Waals surface area contributed by atoms with Gasteiger partial charge < -0.3 is 30.1 Å². The molecule has 3 aliphatic heterocycles. The average Bonchev–Trinajstić information content (AvgIpc) is 3.56. The second kappa shape index (κ2) is 10.8. The van der Waals surface area contributed by atoms with Crippen LogP contribution >= 0.6 is 0 Å². The third-order valence-corrected chi connectivity index (χ3v) is 8.63. The minimum absolute atomic E-state index is 0.324. The maximum Gasteiger partial charge on any atom is 0.165 e. The van der Waals surface area contributed by atoms with E-state index in [0.29, 0.717) is 13.0 Å². The average molecular weight is 570 g/mol. The predicted molar refractivity (Wildman–Crippen MR) is 161 cm³/mol. The van der Waals surface area contributed by atoms with E-state index in [1.165, 1.54) is 12.1 Å². The summed E-state index contributed by atoms with van der Waals surface area (Å²) in [5.74, 6) is 1.87. The molecular weight excluding hydrogens is 533 g/mol. The van der Waals surface area contributed by atoms with Crippen LogP contribution in [-0.4, -0.2) is 92.1 Å². The Bertz CT molecular complexity index is 1700. The van der Waals surface area contributed by atoms with E-state index in [4.69, 9.17) is 9.98 Å². The van der Waals surface area contributed by atoms with Crippen molar-refractivity contribution in [2.45, 2.75) is 32.7 Å². The number of aromatic hydroxyl groups is 1. The third kappa shape index (κ3) is 4.87. The largest absolute Gasteiger partial charge is 0.505 e. The molecule has 1 saturated heterocycles. The Kier molecular flexibility index (Phi) is 6.81. The van der Waals surface area contributed by atoms with Crippen molar-refractivity contribution in [3.63, 3.8) is 0 Å². The molecule has 2 aromatic carbocycles. The minimum atomic E-state index is -0.625. The fraction of sp³-hybridized carbons (Fsp3) is 0.387. The summed E-state index contributed by atoms with van der Waals surface area (Å²) in [7, 11) is 2.18. The molecule has 4 aromatic rings. The number of likely N-dealkylation sites (N-methyl/N-ethyl adjacent to an activating group) is 1. The van der Waals surface area contributed by atoms with Crippen molar-refractivity contribution in [1.82, 2.24) is 40.2 Å². The Balaban J connectivity index is 1.12. The molecule has 1 fully saturated rings. The van der Waals surface area contributed by atoms with Crippen LogP contribution in [0.15, 0.2) is 47.3 Å². The highest BCUT2D eigenvalue weighted by atomic mass is 19.1. The van der Waals surface area contributed by atoms with Crippen molar-refractivity contribution in [3.05, 3.63) is 65.1 Å². The van der Waals surface area contributed by atoms with Gasteiger partial charge in [-0.25, -0.2) is 14.4 Å². The molecule has 0 radical (unpaired) electrons. The zero-order chi connectivity index (χ0) is 28.8. The number of benzene rings is 2. The first kappa shape index (κ1) is 26.5. The van der Waals surface area contributed by atoms with Crippen molar-refractivity contribution in [1.29, 1.82) is 0 Å². The number of halogens is 1. The van der Waals surface area contributed by atoms with E-state index in [1.54, 1.807) is 0 Å². The van der Waals surface area contributed by atoms with E-state index in [9.17, 15) is 9.50 Å². The second-order valence-corrected chi connectivity index (χ2v) is 11.4. The van der Waals surface area contributed by atoms with Crippen molar-refractivity contribution >= 4 is 16.7 Å². The lowest BCUT2D eigenvalue weighted by Crippen LogP contribution is -2.43. The van der Waals surface area contributed by atoms with Crippen LogP contribution < -0.4 is 5.32 Å². The van der Waals surface area contributed by atoms with Gasteiger partial charge in [0.1, 0.15) is 17.4 Å². The molecule has 0 bridgehead atoms. The van der Waals surface area contributed by atoms with E-state index in [0.717, 1.165) is 114 Å². The number of aryl methyl sites for hydroxylation is 1. The first-order valence-electron chi connectivity index (χ1n) is 14.7. The second-order valence-electron chi connectivity index (χ2n) is 11.4. The number of H-pyrrole nitrogens is 2. The summed E-state index contributed by atoms with van der Waals surface area (Å²) in [5.41, 5.74) is 6.28. The molecule has 218 valence electrons. The van der Waals surface area contributed by atoms with Crippen LogP contribution in [0.1, 0.15) is 30.3 Å². The molecule has 42 heavy (non-hydrogen) atoms. The fourth-order valence-electron chi connectivity index (χ4n) is 6.22. The van der Waals surface area contributed by atoms with Gasteiger partial charge in [0.2, 0.25) is 0 Å². The lowest BCUT2D eigenvalue weighted by atomic mass is 9.96. The number of phenols is 1. The van der Waals surface area contributed by atoms with Gasteiger partial charge in [-0.15, -0.1) is 0 Å². The van der Waals surface area contributed by atoms with Crippen LogP contribution in [0.5, 0.6) is 5.75 Å². The number of imidazole rings is 1. The van der Waals surface area contributed by atoms with Gasteiger partial charge in [-0.2, -0.15) is 5.10 Å². The lowest BCUT2D eigenvalue weighted by Gasteiger charge is -2.33. The van der Waals surface area contributed by atoms with Gasteiger partial charge in [-0.3, -0.25) is 5.10 Å². The first-order valence-corrected chi connectivity index (χ1v) is 14.7. The van der Waals surface area contributed by atoms with Gasteiger partial charge in [0.25, 0.3) is 0 Å². The zero-order valence-electron chi connectivity index (χ0n) is 24.0. The smallest absolute Gasteiger partial charge is 0.165 e. The van der Waals surface area contributed by atoms with Crippen LogP contribution in [0.3, 0.4) is 0 Å². The number of hydrogen-bond donors (Lipinski definition) is 4. The molecule has 0 spiro atoms. The molecule has 0 saturated carbocycles. The van der Waals surface area contributed by atoms with Crippen molar-refractivity contribution < 1.29 is 9.50 Å². The van der Waals surface area contributed by atoms with Gasteiger partial charge in [0, 0.05) is 44.2 Å². The normalized spacial score (nSPS) is 18.0. The minimum Gasteiger partial charge on any atom is -0.505 e. The summed E-state index contributed by atoms with van der Waals surface area (Å²) in [6.07, 6.45) is 4.70. The van der Waals surface area contributed by atoms with E-state index < -0.39 is 5.82 Å². The number of aromatic nitrogens is 4. The SMILES string of the molecule is CCc1cc(O)c(F)cc1-c1ccc2c(-c3nc4c([nH]3)CN(C3=NC(N5CCCN(C)CC5)=CNC3)CC4)n[nH]c2c1. The van der Waals surface area contributed by atoms with E-state index in [2.05, 4.69) is 42.2 Å². The summed E-state index contributed by atoms with van der Waals surface area (Å²) >= 11 is 0. The summed E-state index contributed by atoms with van der Waals surface area (Å²) in [6, 6.07) is 8.85. The predicted octanol–water partition coefficient (Wildman–Crippen LogP) is 3.82. The summed E-state index contributed by atoms with van der Waals surface area (Å²) in [4.78, 5) is 20.7. The van der Waals surface area contributed by atoms with Crippen LogP contribution in [0.25, 0.3) is 33.5 Å². The highest BCUT2D eigenvalue weighted by molar-refractivity contribution is 5.94. The van der Waals surface area contributed by atoms with Gasteiger partial charge in [0.15, 0.2) is 17.4 Å². The van der Waals surface area contributed by atoms with Crippen molar-refractivity contribution in [3.8, 4) is 28.4 Å². The van der Waals surface area contributed by atoms with Gasteiger partial charge in [-0.05, 0) is 67.4 Å². The topological polar surface area (TPSA) is 112 Å². The van der Waals surface area contributed by atoms with Gasteiger partial charge in [0.05, 0.1) is 30.0 Å². The molecule has 3 aliphatic rings. The fourth-order valence-corrected chi connectivity index (χ4v) is 6.22. The Morgan fingerprint density at radius 3 is 2.83 bits per heavy atom. The van der Waals surface area contributed by atoms with Crippen LogP contribution in [0.4, 0.5) is 4.39 Å². The molecule has 4 N–H and O–H groups in total. The number of hydrogen-bond acceptors (Lipinski definition) is 8. The van der Waals surface area contributed by atoms with E-state index in [1.807, 2.05) is 31.3 Å². The molecule has 7 rings (SSSR count). The number of nitrogens with one attached hydrogen (secondary N) is 3. The Labute approximate surface area is 244 Å². The maximum absolute atomic E-state index is 14.2. The summed E-state index contributed by atoms with van der Waals surface area (Å²) in [6.45, 7) is 8.46. The lowest BCUT2D eigenvalue weighted by molar-refractivity contribution is 0.318. The summed E-state index contributed by atoms with van der Waals surface area (Å²) < 4.78 is 14.2. The Morgan fingerprint density at radius 2 is 1.95 bits per heavy atom. The number of fused-ring (bicyclic) bond motifs is 2.